The molecule has 0 unspecified atom stereocenters. The quantitative estimate of drug-likeness (QED) is 0.271. The van der Waals surface area contributed by atoms with Gasteiger partial charge in [0, 0.05) is 19.5 Å². The van der Waals surface area contributed by atoms with Gasteiger partial charge in [-0.1, -0.05) is 18.9 Å². The molecule has 2 aromatic heterocycles. The molecule has 2 aromatic carbocycles. The summed E-state index contributed by atoms with van der Waals surface area (Å²) in [7, 11) is 0.783. The number of benzene rings is 2. The van der Waals surface area contributed by atoms with Crippen LogP contribution in [0.4, 0.5) is 0 Å². The van der Waals surface area contributed by atoms with E-state index in [4.69, 9.17) is 24.3 Å². The van der Waals surface area contributed by atoms with Crippen LogP contribution in [0.3, 0.4) is 0 Å². The zero-order valence-corrected chi connectivity index (χ0v) is 25.5. The van der Waals surface area contributed by atoms with Crippen molar-refractivity contribution in [2.45, 2.75) is 56.8 Å². The van der Waals surface area contributed by atoms with E-state index in [1.807, 2.05) is 19.1 Å². The van der Waals surface area contributed by atoms with Crippen LogP contribution >= 0.6 is 0 Å². The third kappa shape index (κ3) is 5.60. The van der Waals surface area contributed by atoms with Crippen LogP contribution in [0.25, 0.3) is 16.9 Å². The van der Waals surface area contributed by atoms with Gasteiger partial charge in [0.05, 0.1) is 37.0 Å². The predicted molar refractivity (Wildman–Crippen MR) is 159 cm³/mol. The Morgan fingerprint density at radius 3 is 2.45 bits per heavy atom. The number of hydrogen-bond donors (Lipinski definition) is 1. The number of H-pyrrole nitrogens is 1. The number of likely N-dealkylation sites (N-methyl/N-ethyl adjacent to an activating group) is 1. The Bertz CT molecular complexity index is 1760. The minimum Gasteiger partial charge on any atom is -0.493 e. The highest BCUT2D eigenvalue weighted by Crippen LogP contribution is 2.35. The maximum absolute atomic E-state index is 13.7. The summed E-state index contributed by atoms with van der Waals surface area (Å²) in [5.74, 6) is 2.83. The largest absolute Gasteiger partial charge is 0.493 e. The Kier molecular flexibility index (Phi) is 8.55. The Morgan fingerprint density at radius 1 is 1.05 bits per heavy atom. The van der Waals surface area contributed by atoms with Gasteiger partial charge in [0.2, 0.25) is 10.0 Å². The molecule has 4 aromatic rings. The average Bonchev–Trinajstić information content (AvgIpc) is 3.64. The van der Waals surface area contributed by atoms with Gasteiger partial charge in [-0.15, -0.1) is 5.10 Å². The van der Waals surface area contributed by atoms with E-state index < -0.39 is 10.0 Å². The van der Waals surface area contributed by atoms with Crippen molar-refractivity contribution >= 4 is 15.5 Å². The average molecular weight is 596 g/mol. The highest BCUT2D eigenvalue weighted by Gasteiger charge is 2.27. The molecule has 0 aliphatic heterocycles. The number of sulfonamides is 1. The van der Waals surface area contributed by atoms with Crippen LogP contribution in [0.5, 0.6) is 17.2 Å². The zero-order valence-electron chi connectivity index (χ0n) is 24.6. The Balaban J connectivity index is 1.49. The molecule has 5 rings (SSSR count). The number of fused-ring (bicyclic) bond motifs is 1. The summed E-state index contributed by atoms with van der Waals surface area (Å²) in [6.45, 7) is 4.24. The van der Waals surface area contributed by atoms with E-state index in [0.29, 0.717) is 47.1 Å². The maximum Gasteiger partial charge on any atom is 0.277 e. The molecule has 0 spiro atoms. The lowest BCUT2D eigenvalue weighted by molar-refractivity contribution is 0.341. The minimum absolute atomic E-state index is 0.0661. The Labute approximate surface area is 245 Å². The number of aromatic nitrogens is 4. The van der Waals surface area contributed by atoms with Gasteiger partial charge in [-0.05, 0) is 69.0 Å². The smallest absolute Gasteiger partial charge is 0.277 e. The fourth-order valence-corrected chi connectivity index (χ4v) is 6.72. The normalized spacial score (nSPS) is 14.1. The summed E-state index contributed by atoms with van der Waals surface area (Å²) < 4.78 is 46.8. The van der Waals surface area contributed by atoms with E-state index in [0.717, 1.165) is 37.1 Å². The second-order valence-corrected chi connectivity index (χ2v) is 12.5. The van der Waals surface area contributed by atoms with Gasteiger partial charge in [0.1, 0.15) is 11.6 Å². The monoisotopic (exact) mass is 595 g/mol. The van der Waals surface area contributed by atoms with Gasteiger partial charge in [0.15, 0.2) is 22.8 Å². The number of rotatable bonds is 11. The molecular formula is C30H37N5O6S. The highest BCUT2D eigenvalue weighted by atomic mass is 32.2. The van der Waals surface area contributed by atoms with E-state index in [-0.39, 0.29) is 28.7 Å². The number of nitrogens with one attached hydrogen (secondary N) is 1. The van der Waals surface area contributed by atoms with Gasteiger partial charge < -0.3 is 19.2 Å². The molecule has 0 atom stereocenters. The maximum atomic E-state index is 13.7. The predicted octanol–water partition coefficient (Wildman–Crippen LogP) is 4.33. The first-order chi connectivity index (χ1) is 20.2. The minimum atomic E-state index is -3.89. The summed E-state index contributed by atoms with van der Waals surface area (Å²) >= 11 is 0. The molecule has 1 N–H and O–H groups in total. The third-order valence-corrected chi connectivity index (χ3v) is 9.65. The molecule has 224 valence electrons. The van der Waals surface area contributed by atoms with Crippen LogP contribution < -0.4 is 19.8 Å². The fourth-order valence-electron chi connectivity index (χ4n) is 5.52. The standard InChI is InChI=1S/C30H37N5O6S/c1-6-41-24-14-12-22(42(37,38)34(3)16-15-20-11-13-25(39-4)26(17-20)40-5)18-23(24)28-32-30(36)27-19(2)31-29(35(27)33-28)21-9-7-8-10-21/h11-14,17-18,21H,6-10,15-16H2,1-5H3,(H,32,33,36). The van der Waals surface area contributed by atoms with Gasteiger partial charge >= 0.3 is 0 Å². The molecule has 1 aliphatic carbocycles. The first-order valence-corrected chi connectivity index (χ1v) is 15.6. The van der Waals surface area contributed by atoms with Crippen LogP contribution in [0.2, 0.25) is 0 Å². The number of aromatic amines is 1. The first kappa shape index (κ1) is 29.6. The van der Waals surface area contributed by atoms with E-state index in [9.17, 15) is 13.2 Å². The van der Waals surface area contributed by atoms with Crippen LogP contribution in [0, 0.1) is 6.92 Å². The summed E-state index contributed by atoms with van der Waals surface area (Å²) in [6.07, 6.45) is 4.69. The third-order valence-electron chi connectivity index (χ3n) is 7.80. The molecule has 1 fully saturated rings. The van der Waals surface area contributed by atoms with Crippen molar-refractivity contribution in [3.8, 4) is 28.6 Å². The summed E-state index contributed by atoms with van der Waals surface area (Å²) in [5, 5.41) is 4.78. The number of hydrogen-bond acceptors (Lipinski definition) is 8. The summed E-state index contributed by atoms with van der Waals surface area (Å²) in [6, 6.07) is 10.1. The molecular weight excluding hydrogens is 558 g/mol. The van der Waals surface area contributed by atoms with Crippen molar-refractivity contribution in [3.63, 3.8) is 0 Å². The van der Waals surface area contributed by atoms with Crippen molar-refractivity contribution in [2.75, 3.05) is 34.4 Å². The molecule has 1 saturated carbocycles. The number of aryl methyl sites for hydroxylation is 1. The fraction of sp³-hybridized carbons (Fsp3) is 0.433. The Hall–Kier alpha value is -3.90. The molecule has 42 heavy (non-hydrogen) atoms. The van der Waals surface area contributed by atoms with Gasteiger partial charge in [-0.2, -0.15) is 0 Å². The second kappa shape index (κ2) is 12.1. The zero-order chi connectivity index (χ0) is 30.0. The first-order valence-electron chi connectivity index (χ1n) is 14.1. The number of imidazole rings is 1. The van der Waals surface area contributed by atoms with Crippen molar-refractivity contribution in [2.24, 2.45) is 0 Å². The van der Waals surface area contributed by atoms with Crippen molar-refractivity contribution in [1.29, 1.82) is 0 Å². The van der Waals surface area contributed by atoms with Crippen LogP contribution in [-0.4, -0.2) is 66.7 Å². The molecule has 0 bridgehead atoms. The van der Waals surface area contributed by atoms with E-state index >= 15 is 0 Å². The van der Waals surface area contributed by atoms with Crippen LogP contribution in [0.1, 0.15) is 55.6 Å². The Morgan fingerprint density at radius 2 is 1.76 bits per heavy atom. The van der Waals surface area contributed by atoms with E-state index in [2.05, 4.69) is 4.98 Å². The topological polar surface area (TPSA) is 128 Å². The highest BCUT2D eigenvalue weighted by molar-refractivity contribution is 7.89. The number of methoxy groups -OCH3 is 2. The lowest BCUT2D eigenvalue weighted by Gasteiger charge is -2.19. The number of ether oxygens (including phenoxy) is 3. The molecule has 11 nitrogen and oxygen atoms in total. The molecule has 12 heteroatoms. The second-order valence-electron chi connectivity index (χ2n) is 10.5. The summed E-state index contributed by atoms with van der Waals surface area (Å²) in [5.41, 5.74) is 1.98. The van der Waals surface area contributed by atoms with Gasteiger partial charge in [-0.25, -0.2) is 22.2 Å². The molecule has 0 saturated heterocycles. The molecule has 0 amide bonds. The van der Waals surface area contributed by atoms with Gasteiger partial charge in [-0.3, -0.25) is 4.79 Å². The van der Waals surface area contributed by atoms with Crippen molar-refractivity contribution < 1.29 is 22.6 Å². The molecule has 0 radical (unpaired) electrons. The number of nitrogens with zero attached hydrogens (tertiary/aromatic N) is 4. The SMILES string of the molecule is CCOc1ccc(S(=O)(=O)N(C)CCc2ccc(OC)c(OC)c2)cc1-c1nn2c(C3CCCC3)nc(C)c2c(=O)[nH]1. The van der Waals surface area contributed by atoms with Crippen LogP contribution in [-0.2, 0) is 16.4 Å². The molecule has 2 heterocycles. The van der Waals surface area contributed by atoms with Gasteiger partial charge in [0.25, 0.3) is 5.56 Å². The summed E-state index contributed by atoms with van der Waals surface area (Å²) in [4.78, 5) is 20.9. The lowest BCUT2D eigenvalue weighted by atomic mass is 10.1. The van der Waals surface area contributed by atoms with E-state index in [1.165, 1.54) is 16.4 Å². The van der Waals surface area contributed by atoms with Crippen molar-refractivity contribution in [1.82, 2.24) is 23.9 Å². The van der Waals surface area contributed by atoms with Crippen LogP contribution in [0.15, 0.2) is 46.1 Å². The lowest BCUT2D eigenvalue weighted by Crippen LogP contribution is -2.29. The molecule has 1 aliphatic rings. The van der Waals surface area contributed by atoms with Crippen molar-refractivity contribution in [3.05, 3.63) is 63.8 Å². The van der Waals surface area contributed by atoms with E-state index in [1.54, 1.807) is 44.8 Å².